The van der Waals surface area contributed by atoms with Crippen molar-refractivity contribution in [3.05, 3.63) is 24.2 Å². The first kappa shape index (κ1) is 9.74. The van der Waals surface area contributed by atoms with Crippen molar-refractivity contribution in [1.82, 2.24) is 5.32 Å². The third-order valence-electron chi connectivity index (χ3n) is 3.19. The molecule has 1 aromatic rings. The van der Waals surface area contributed by atoms with Gasteiger partial charge in [-0.2, -0.15) is 0 Å². The molecule has 2 N–H and O–H groups in total. The Morgan fingerprint density at radius 3 is 3.21 bits per heavy atom. The molecule has 1 saturated heterocycles. The van der Waals surface area contributed by atoms with Gasteiger partial charge in [0, 0.05) is 13.0 Å². The lowest BCUT2D eigenvalue weighted by Crippen LogP contribution is -2.50. The second-order valence-corrected chi connectivity index (χ2v) is 4.27. The fraction of sp³-hybridized carbons (Fsp3) is 0.636. The lowest BCUT2D eigenvalue weighted by atomic mass is 9.79. The summed E-state index contributed by atoms with van der Waals surface area (Å²) in [6.07, 6.45) is 4.89. The Morgan fingerprint density at radius 2 is 2.57 bits per heavy atom. The molecule has 0 radical (unpaired) electrons. The molecule has 0 spiro atoms. The van der Waals surface area contributed by atoms with Gasteiger partial charge in [-0.25, -0.2) is 0 Å². The maximum Gasteiger partial charge on any atom is 0.0935 e. The van der Waals surface area contributed by atoms with E-state index in [4.69, 9.17) is 4.42 Å². The van der Waals surface area contributed by atoms with E-state index in [0.717, 1.165) is 25.1 Å². The number of aliphatic hydroxyl groups is 1. The first-order valence-electron chi connectivity index (χ1n) is 5.15. The SMILES string of the molecule is CC1CNCCC1(O)Cc1ccoc1. The standard InChI is InChI=1S/C11H17NO2/c1-9-7-12-4-3-11(9,13)6-10-2-5-14-8-10/h2,5,8-9,12-13H,3-4,6-7H2,1H3. The highest BCUT2D eigenvalue weighted by Crippen LogP contribution is 2.28. The number of piperidine rings is 1. The lowest BCUT2D eigenvalue weighted by Gasteiger charge is -2.38. The Labute approximate surface area is 84.1 Å². The molecular weight excluding hydrogens is 178 g/mol. The van der Waals surface area contributed by atoms with E-state index in [1.165, 1.54) is 0 Å². The van der Waals surface area contributed by atoms with Gasteiger partial charge in [-0.05, 0) is 30.5 Å². The topological polar surface area (TPSA) is 45.4 Å². The van der Waals surface area contributed by atoms with Crippen LogP contribution in [0.3, 0.4) is 0 Å². The molecule has 0 bridgehead atoms. The molecule has 1 aliphatic rings. The van der Waals surface area contributed by atoms with Crippen molar-refractivity contribution in [2.24, 2.45) is 5.92 Å². The van der Waals surface area contributed by atoms with Gasteiger partial charge in [-0.15, -0.1) is 0 Å². The number of nitrogens with one attached hydrogen (secondary N) is 1. The second-order valence-electron chi connectivity index (χ2n) is 4.27. The molecule has 1 aliphatic heterocycles. The van der Waals surface area contributed by atoms with Crippen molar-refractivity contribution in [1.29, 1.82) is 0 Å². The Morgan fingerprint density at radius 1 is 1.71 bits per heavy atom. The lowest BCUT2D eigenvalue weighted by molar-refractivity contribution is -0.0330. The molecule has 1 fully saturated rings. The van der Waals surface area contributed by atoms with Crippen molar-refractivity contribution >= 4 is 0 Å². The Kier molecular flexibility index (Phi) is 2.61. The number of furan rings is 1. The van der Waals surface area contributed by atoms with E-state index in [2.05, 4.69) is 12.2 Å². The minimum Gasteiger partial charge on any atom is -0.472 e. The number of rotatable bonds is 2. The zero-order chi connectivity index (χ0) is 10.0. The van der Waals surface area contributed by atoms with Gasteiger partial charge >= 0.3 is 0 Å². The summed E-state index contributed by atoms with van der Waals surface area (Å²) in [6, 6.07) is 1.92. The van der Waals surface area contributed by atoms with E-state index < -0.39 is 5.60 Å². The van der Waals surface area contributed by atoms with Crippen molar-refractivity contribution < 1.29 is 9.52 Å². The van der Waals surface area contributed by atoms with Gasteiger partial charge in [0.1, 0.15) is 0 Å². The first-order valence-corrected chi connectivity index (χ1v) is 5.15. The first-order chi connectivity index (χ1) is 6.71. The average molecular weight is 195 g/mol. The van der Waals surface area contributed by atoms with E-state index in [1.807, 2.05) is 6.07 Å². The van der Waals surface area contributed by atoms with Gasteiger partial charge in [0.15, 0.2) is 0 Å². The molecule has 3 nitrogen and oxygen atoms in total. The summed E-state index contributed by atoms with van der Waals surface area (Å²) < 4.78 is 5.01. The van der Waals surface area contributed by atoms with Crippen molar-refractivity contribution in [3.8, 4) is 0 Å². The van der Waals surface area contributed by atoms with E-state index in [9.17, 15) is 5.11 Å². The van der Waals surface area contributed by atoms with Gasteiger partial charge in [0.2, 0.25) is 0 Å². The molecule has 2 heterocycles. The predicted molar refractivity (Wildman–Crippen MR) is 54.0 cm³/mol. The molecule has 0 aliphatic carbocycles. The summed E-state index contributed by atoms with van der Waals surface area (Å²) in [7, 11) is 0. The largest absolute Gasteiger partial charge is 0.472 e. The molecule has 0 saturated carbocycles. The summed E-state index contributed by atoms with van der Waals surface area (Å²) in [4.78, 5) is 0. The normalized spacial score (nSPS) is 33.1. The molecule has 0 amide bonds. The van der Waals surface area contributed by atoms with Crippen LogP contribution in [-0.4, -0.2) is 23.8 Å². The minimum atomic E-state index is -0.560. The van der Waals surface area contributed by atoms with Crippen LogP contribution in [-0.2, 0) is 6.42 Å². The van der Waals surface area contributed by atoms with Crippen molar-refractivity contribution in [2.75, 3.05) is 13.1 Å². The molecule has 0 aromatic carbocycles. The smallest absolute Gasteiger partial charge is 0.0935 e. The minimum absolute atomic E-state index is 0.297. The molecule has 2 rings (SSSR count). The van der Waals surface area contributed by atoms with Crippen molar-refractivity contribution in [3.63, 3.8) is 0 Å². The Hall–Kier alpha value is -0.800. The van der Waals surface area contributed by atoms with E-state index in [0.29, 0.717) is 12.3 Å². The van der Waals surface area contributed by atoms with Crippen LogP contribution in [0, 0.1) is 5.92 Å². The van der Waals surface area contributed by atoms with Crippen LogP contribution in [0.1, 0.15) is 18.9 Å². The van der Waals surface area contributed by atoms with Crippen LogP contribution in [0.25, 0.3) is 0 Å². The summed E-state index contributed by atoms with van der Waals surface area (Å²) >= 11 is 0. The van der Waals surface area contributed by atoms with Crippen LogP contribution in [0.5, 0.6) is 0 Å². The Balaban J connectivity index is 2.07. The maximum atomic E-state index is 10.4. The summed E-state index contributed by atoms with van der Waals surface area (Å²) in [6.45, 7) is 3.89. The van der Waals surface area contributed by atoms with Gasteiger partial charge in [-0.1, -0.05) is 6.92 Å². The van der Waals surface area contributed by atoms with Crippen molar-refractivity contribution in [2.45, 2.75) is 25.4 Å². The third kappa shape index (κ3) is 1.83. The van der Waals surface area contributed by atoms with E-state index in [-0.39, 0.29) is 0 Å². The van der Waals surface area contributed by atoms with Gasteiger partial charge in [0.25, 0.3) is 0 Å². The number of hydrogen-bond donors (Lipinski definition) is 2. The summed E-state index contributed by atoms with van der Waals surface area (Å²) in [5, 5.41) is 13.7. The summed E-state index contributed by atoms with van der Waals surface area (Å²) in [5.41, 5.74) is 0.524. The van der Waals surface area contributed by atoms with Gasteiger partial charge < -0.3 is 14.8 Å². The number of hydrogen-bond acceptors (Lipinski definition) is 3. The average Bonchev–Trinajstić information content (AvgIpc) is 2.63. The molecule has 3 heteroatoms. The van der Waals surface area contributed by atoms with Crippen LogP contribution < -0.4 is 5.32 Å². The maximum absolute atomic E-state index is 10.4. The van der Waals surface area contributed by atoms with Crippen LogP contribution in [0.15, 0.2) is 23.0 Å². The summed E-state index contributed by atoms with van der Waals surface area (Å²) in [5.74, 6) is 0.297. The van der Waals surface area contributed by atoms with Gasteiger partial charge in [0.05, 0.1) is 18.1 Å². The third-order valence-corrected chi connectivity index (χ3v) is 3.19. The molecule has 2 atom stereocenters. The van der Waals surface area contributed by atoms with Crippen LogP contribution in [0.4, 0.5) is 0 Å². The van der Waals surface area contributed by atoms with Crippen LogP contribution >= 0.6 is 0 Å². The van der Waals surface area contributed by atoms with E-state index >= 15 is 0 Å². The zero-order valence-electron chi connectivity index (χ0n) is 8.49. The zero-order valence-corrected chi connectivity index (χ0v) is 8.49. The monoisotopic (exact) mass is 195 g/mol. The van der Waals surface area contributed by atoms with Gasteiger partial charge in [-0.3, -0.25) is 0 Å². The molecule has 1 aromatic heterocycles. The van der Waals surface area contributed by atoms with Crippen LogP contribution in [0.2, 0.25) is 0 Å². The highest BCUT2D eigenvalue weighted by atomic mass is 16.3. The van der Waals surface area contributed by atoms with E-state index in [1.54, 1.807) is 12.5 Å². The highest BCUT2D eigenvalue weighted by molar-refractivity contribution is 5.11. The highest BCUT2D eigenvalue weighted by Gasteiger charge is 2.36. The second kappa shape index (κ2) is 3.75. The Bertz CT molecular complexity index is 283. The fourth-order valence-electron chi connectivity index (χ4n) is 2.07. The predicted octanol–water partition coefficient (Wildman–Crippen LogP) is 1.18. The molecule has 2 unspecified atom stereocenters. The molecule has 78 valence electrons. The quantitative estimate of drug-likeness (QED) is 0.745. The molecular formula is C11H17NO2. The molecule has 14 heavy (non-hydrogen) atoms. The fourth-order valence-corrected chi connectivity index (χ4v) is 2.07.